The zero-order chi connectivity index (χ0) is 17.3. The number of hydrogen-bond acceptors (Lipinski definition) is 5. The van der Waals surface area contributed by atoms with E-state index in [0.29, 0.717) is 5.71 Å². The number of carbonyl (C=O) groups excluding carboxylic acids is 1. The molecule has 1 aliphatic heterocycles. The molecular weight excluding hydrogens is 335 g/mol. The first-order valence-electron chi connectivity index (χ1n) is 6.63. The van der Waals surface area contributed by atoms with Gasteiger partial charge in [-0.25, -0.2) is 13.8 Å². The van der Waals surface area contributed by atoms with Crippen molar-refractivity contribution in [3.05, 3.63) is 24.3 Å². The Morgan fingerprint density at radius 2 is 1.96 bits per heavy atom. The number of hydrogen-bond donors (Lipinski definition) is 2. The number of anilines is 1. The Labute approximate surface area is 130 Å². The molecule has 10 heteroatoms. The molecule has 1 aromatic rings. The van der Waals surface area contributed by atoms with Crippen molar-refractivity contribution < 1.29 is 26.4 Å². The van der Waals surface area contributed by atoms with Crippen molar-refractivity contribution >= 4 is 27.1 Å². The second-order valence-corrected chi connectivity index (χ2v) is 6.85. The quantitative estimate of drug-likeness (QED) is 0.850. The fourth-order valence-electron chi connectivity index (χ4n) is 2.15. The highest BCUT2D eigenvalue weighted by atomic mass is 32.2. The molecule has 0 saturated carbocycles. The van der Waals surface area contributed by atoms with Crippen LogP contribution in [0.3, 0.4) is 0 Å². The zero-order valence-corrected chi connectivity index (χ0v) is 12.8. The first-order chi connectivity index (χ1) is 10.6. The standard InChI is InChI=1S/C13H14F3N3O3S/c1-8-9(12(20)19-18-8)6-7-17-10-4-2-3-5-11(10)23(21,22)13(14,15)16/h2-5,9,17H,6-7H2,1H3,(H,19,20)/t9-/m0/s1. The number of nitrogens with zero attached hydrogens (tertiary/aromatic N) is 1. The molecule has 2 rings (SSSR count). The number of halogens is 3. The fourth-order valence-corrected chi connectivity index (χ4v) is 3.09. The van der Waals surface area contributed by atoms with Gasteiger partial charge in [-0.1, -0.05) is 12.1 Å². The van der Waals surface area contributed by atoms with Gasteiger partial charge in [-0.05, 0) is 25.5 Å². The molecule has 6 nitrogen and oxygen atoms in total. The summed E-state index contributed by atoms with van der Waals surface area (Å²) in [6, 6.07) is 4.77. The van der Waals surface area contributed by atoms with E-state index in [4.69, 9.17) is 0 Å². The van der Waals surface area contributed by atoms with E-state index >= 15 is 0 Å². The number of benzene rings is 1. The predicted molar refractivity (Wildman–Crippen MR) is 77.5 cm³/mol. The SMILES string of the molecule is CC1=NNC(=O)[C@H]1CCNc1ccccc1S(=O)(=O)C(F)(F)F. The number of hydrazone groups is 1. The van der Waals surface area contributed by atoms with Gasteiger partial charge < -0.3 is 5.32 Å². The van der Waals surface area contributed by atoms with Gasteiger partial charge in [-0.3, -0.25) is 4.79 Å². The molecule has 0 bridgehead atoms. The van der Waals surface area contributed by atoms with E-state index in [2.05, 4.69) is 15.8 Å². The summed E-state index contributed by atoms with van der Waals surface area (Å²) >= 11 is 0. The third-order valence-electron chi connectivity index (χ3n) is 3.39. The van der Waals surface area contributed by atoms with Gasteiger partial charge in [0.15, 0.2) is 0 Å². The third kappa shape index (κ3) is 3.46. The van der Waals surface area contributed by atoms with Crippen LogP contribution in [0.4, 0.5) is 18.9 Å². The molecule has 1 heterocycles. The topological polar surface area (TPSA) is 87.6 Å². The highest BCUT2D eigenvalue weighted by molar-refractivity contribution is 7.92. The Balaban J connectivity index is 2.13. The lowest BCUT2D eigenvalue weighted by molar-refractivity contribution is -0.122. The summed E-state index contributed by atoms with van der Waals surface area (Å²) in [6.07, 6.45) is 0.279. The number of para-hydroxylation sites is 1. The van der Waals surface area contributed by atoms with Crippen LogP contribution in [0.15, 0.2) is 34.3 Å². The van der Waals surface area contributed by atoms with Crippen molar-refractivity contribution in [3.63, 3.8) is 0 Å². The van der Waals surface area contributed by atoms with Crippen molar-refractivity contribution in [2.75, 3.05) is 11.9 Å². The Morgan fingerprint density at radius 3 is 2.52 bits per heavy atom. The maximum absolute atomic E-state index is 12.7. The minimum absolute atomic E-state index is 0.120. The molecule has 0 unspecified atom stereocenters. The number of sulfone groups is 1. The van der Waals surface area contributed by atoms with Gasteiger partial charge in [0.2, 0.25) is 5.91 Å². The summed E-state index contributed by atoms with van der Waals surface area (Å²) in [7, 11) is -5.44. The maximum atomic E-state index is 12.7. The van der Waals surface area contributed by atoms with Gasteiger partial charge >= 0.3 is 5.51 Å². The average molecular weight is 349 g/mol. The monoisotopic (exact) mass is 349 g/mol. The van der Waals surface area contributed by atoms with Crippen LogP contribution in [0.5, 0.6) is 0 Å². The first-order valence-corrected chi connectivity index (χ1v) is 8.11. The highest BCUT2D eigenvalue weighted by Crippen LogP contribution is 2.34. The van der Waals surface area contributed by atoms with Crippen LogP contribution in [0.25, 0.3) is 0 Å². The Morgan fingerprint density at radius 1 is 1.30 bits per heavy atom. The third-order valence-corrected chi connectivity index (χ3v) is 4.94. The Hall–Kier alpha value is -2.10. The number of nitrogens with one attached hydrogen (secondary N) is 2. The molecule has 1 atom stereocenters. The van der Waals surface area contributed by atoms with Crippen LogP contribution in [0.2, 0.25) is 0 Å². The molecule has 0 aliphatic carbocycles. The maximum Gasteiger partial charge on any atom is 0.501 e. The molecule has 0 fully saturated rings. The van der Waals surface area contributed by atoms with E-state index in [0.717, 1.165) is 6.07 Å². The lowest BCUT2D eigenvalue weighted by atomic mass is 10.0. The molecular formula is C13H14F3N3O3S. The van der Waals surface area contributed by atoms with E-state index < -0.39 is 26.2 Å². The summed E-state index contributed by atoms with van der Waals surface area (Å²) in [5.74, 6) is -0.769. The molecule has 0 spiro atoms. The van der Waals surface area contributed by atoms with Crippen molar-refractivity contribution in [2.45, 2.75) is 23.7 Å². The normalized spacial score (nSPS) is 18.5. The molecule has 126 valence electrons. The van der Waals surface area contributed by atoms with Crippen molar-refractivity contribution in [1.29, 1.82) is 0 Å². The van der Waals surface area contributed by atoms with Crippen LogP contribution in [0, 0.1) is 5.92 Å². The van der Waals surface area contributed by atoms with Crippen LogP contribution in [-0.4, -0.2) is 32.1 Å². The smallest absolute Gasteiger partial charge is 0.384 e. The summed E-state index contributed by atoms with van der Waals surface area (Å²) in [5, 5.41) is 6.40. The minimum Gasteiger partial charge on any atom is -0.384 e. The fraction of sp³-hybridized carbons (Fsp3) is 0.385. The second kappa shape index (κ2) is 6.19. The number of carbonyl (C=O) groups is 1. The second-order valence-electron chi connectivity index (χ2n) is 4.94. The van der Waals surface area contributed by atoms with Gasteiger partial charge in [0.05, 0.1) is 16.5 Å². The lowest BCUT2D eigenvalue weighted by Crippen LogP contribution is -2.26. The summed E-state index contributed by atoms with van der Waals surface area (Å²) in [6.45, 7) is 1.78. The van der Waals surface area contributed by atoms with Gasteiger partial charge in [0.25, 0.3) is 9.84 Å². The van der Waals surface area contributed by atoms with E-state index in [-0.39, 0.29) is 24.6 Å². The van der Waals surface area contributed by atoms with Crippen molar-refractivity contribution in [2.24, 2.45) is 11.0 Å². The number of alkyl halides is 3. The molecule has 1 aromatic carbocycles. The largest absolute Gasteiger partial charge is 0.501 e. The van der Waals surface area contributed by atoms with Crippen LogP contribution >= 0.6 is 0 Å². The van der Waals surface area contributed by atoms with Crippen LogP contribution in [0.1, 0.15) is 13.3 Å². The highest BCUT2D eigenvalue weighted by Gasteiger charge is 2.47. The molecule has 0 radical (unpaired) electrons. The van der Waals surface area contributed by atoms with Crippen LogP contribution < -0.4 is 10.7 Å². The zero-order valence-electron chi connectivity index (χ0n) is 12.0. The Bertz CT molecular complexity index is 744. The lowest BCUT2D eigenvalue weighted by Gasteiger charge is -2.15. The predicted octanol–water partition coefficient (Wildman–Crippen LogP) is 1.90. The minimum atomic E-state index is -5.44. The van der Waals surface area contributed by atoms with Crippen molar-refractivity contribution in [3.8, 4) is 0 Å². The van der Waals surface area contributed by atoms with E-state index in [9.17, 15) is 26.4 Å². The molecule has 1 amide bonds. The van der Waals surface area contributed by atoms with Gasteiger partial charge in [0.1, 0.15) is 0 Å². The molecule has 23 heavy (non-hydrogen) atoms. The molecule has 1 aliphatic rings. The van der Waals surface area contributed by atoms with Gasteiger partial charge in [0, 0.05) is 12.3 Å². The number of amides is 1. The van der Waals surface area contributed by atoms with Gasteiger partial charge in [-0.2, -0.15) is 18.3 Å². The first kappa shape index (κ1) is 17.3. The van der Waals surface area contributed by atoms with E-state index in [1.54, 1.807) is 6.92 Å². The summed E-state index contributed by atoms with van der Waals surface area (Å²) in [4.78, 5) is 10.6. The van der Waals surface area contributed by atoms with Crippen molar-refractivity contribution in [1.82, 2.24) is 5.43 Å². The average Bonchev–Trinajstić information content (AvgIpc) is 2.78. The van der Waals surface area contributed by atoms with E-state index in [1.165, 1.54) is 18.2 Å². The molecule has 0 saturated heterocycles. The summed E-state index contributed by atoms with van der Waals surface area (Å²) < 4.78 is 61.2. The van der Waals surface area contributed by atoms with Gasteiger partial charge in [-0.15, -0.1) is 0 Å². The summed E-state index contributed by atoms with van der Waals surface area (Å²) in [5.41, 5.74) is -2.65. The Kier molecular flexibility index (Phi) is 4.64. The molecule has 2 N–H and O–H groups in total. The van der Waals surface area contributed by atoms with E-state index in [1.807, 2.05) is 0 Å². The van der Waals surface area contributed by atoms with Crippen LogP contribution in [-0.2, 0) is 14.6 Å². The number of rotatable bonds is 5. The molecule has 0 aromatic heterocycles.